The molecule has 4 aromatic rings. The highest BCUT2D eigenvalue weighted by Gasteiger charge is 2.23. The lowest BCUT2D eigenvalue weighted by atomic mass is 9.97. The zero-order valence-corrected chi connectivity index (χ0v) is 17.8. The molecule has 5 heterocycles. The van der Waals surface area contributed by atoms with Crippen LogP contribution in [0.15, 0.2) is 64.8 Å². The number of hydrogen-bond acceptors (Lipinski definition) is 7. The topological polar surface area (TPSA) is 98.8 Å². The first-order chi connectivity index (χ1) is 15.6. The number of fused-ring (bicyclic) bond motifs is 1. The van der Waals surface area contributed by atoms with Gasteiger partial charge in [0.05, 0.1) is 17.4 Å². The van der Waals surface area contributed by atoms with Crippen LogP contribution >= 0.6 is 0 Å². The van der Waals surface area contributed by atoms with Gasteiger partial charge in [-0.05, 0) is 43.0 Å². The van der Waals surface area contributed by atoms with Gasteiger partial charge < -0.3 is 4.90 Å². The second kappa shape index (κ2) is 8.33. The van der Waals surface area contributed by atoms with Gasteiger partial charge in [-0.1, -0.05) is 0 Å². The Morgan fingerprint density at radius 3 is 2.56 bits per heavy atom. The zero-order chi connectivity index (χ0) is 22.1. The molecular weight excluding hydrogens is 406 g/mol. The molecule has 4 aromatic heterocycles. The Labute approximate surface area is 184 Å². The summed E-state index contributed by atoms with van der Waals surface area (Å²) in [5.74, 6) is 0.994. The Morgan fingerprint density at radius 1 is 1.03 bits per heavy atom. The first kappa shape index (κ1) is 20.0. The van der Waals surface area contributed by atoms with Gasteiger partial charge in [-0.3, -0.25) is 23.7 Å². The highest BCUT2D eigenvalue weighted by molar-refractivity contribution is 5.74. The molecule has 0 atom stereocenters. The largest absolute Gasteiger partial charge is 0.342 e. The van der Waals surface area contributed by atoms with Gasteiger partial charge in [-0.25, -0.2) is 9.97 Å². The average molecular weight is 429 g/mol. The summed E-state index contributed by atoms with van der Waals surface area (Å²) in [6, 6.07) is 8.75. The molecule has 9 nitrogen and oxygen atoms in total. The van der Waals surface area contributed by atoms with E-state index in [4.69, 9.17) is 0 Å². The van der Waals surface area contributed by atoms with Gasteiger partial charge in [0.25, 0.3) is 11.1 Å². The van der Waals surface area contributed by atoms with Gasteiger partial charge in [0.2, 0.25) is 5.95 Å². The molecule has 5 rings (SSSR count). The molecule has 0 unspecified atom stereocenters. The maximum absolute atomic E-state index is 12.7. The van der Waals surface area contributed by atoms with Crippen LogP contribution in [-0.2, 0) is 13.6 Å². The van der Waals surface area contributed by atoms with Gasteiger partial charge in [0, 0.05) is 56.9 Å². The van der Waals surface area contributed by atoms with Gasteiger partial charge in [0.15, 0.2) is 5.65 Å². The fraction of sp³-hybridized carbons (Fsp3) is 0.304. The molecule has 0 aromatic carbocycles. The Kier molecular flexibility index (Phi) is 5.22. The minimum Gasteiger partial charge on any atom is -0.342 e. The van der Waals surface area contributed by atoms with E-state index < -0.39 is 0 Å². The average Bonchev–Trinajstić information content (AvgIpc) is 2.84. The van der Waals surface area contributed by atoms with E-state index in [-0.39, 0.29) is 11.1 Å². The molecule has 0 radical (unpaired) electrons. The van der Waals surface area contributed by atoms with E-state index in [1.165, 1.54) is 0 Å². The summed E-state index contributed by atoms with van der Waals surface area (Å²) in [5, 5.41) is 0.524. The van der Waals surface area contributed by atoms with Crippen molar-refractivity contribution in [3.8, 4) is 11.3 Å². The Hall–Kier alpha value is -3.88. The van der Waals surface area contributed by atoms with Crippen LogP contribution in [0.2, 0.25) is 0 Å². The molecule has 0 amide bonds. The third-order valence-corrected chi connectivity index (χ3v) is 6.04. The van der Waals surface area contributed by atoms with Crippen LogP contribution in [0.3, 0.4) is 0 Å². The van der Waals surface area contributed by atoms with Crippen molar-refractivity contribution in [1.82, 2.24) is 29.1 Å². The van der Waals surface area contributed by atoms with Gasteiger partial charge in [-0.2, -0.15) is 4.98 Å². The standard InChI is InChI=1S/C23H23N7O2/c1-28-22(32)18-3-2-8-25-21(18)27-23(28)29-11-6-16(7-12-29)14-30-15-26-19(13-20(30)31)17-4-9-24-10-5-17/h2-5,8-10,13,15-16H,6-7,11-12,14H2,1H3. The highest BCUT2D eigenvalue weighted by atomic mass is 16.1. The van der Waals surface area contributed by atoms with E-state index in [9.17, 15) is 9.59 Å². The monoisotopic (exact) mass is 429 g/mol. The molecule has 0 N–H and O–H groups in total. The number of pyridine rings is 2. The molecule has 0 bridgehead atoms. The fourth-order valence-corrected chi connectivity index (χ4v) is 4.21. The zero-order valence-electron chi connectivity index (χ0n) is 17.8. The van der Waals surface area contributed by atoms with Gasteiger partial charge >= 0.3 is 0 Å². The second-order valence-corrected chi connectivity index (χ2v) is 8.08. The maximum Gasteiger partial charge on any atom is 0.264 e. The van der Waals surface area contributed by atoms with Crippen molar-refractivity contribution in [3.63, 3.8) is 0 Å². The minimum atomic E-state index is -0.0906. The summed E-state index contributed by atoms with van der Waals surface area (Å²) in [5.41, 5.74) is 1.85. The lowest BCUT2D eigenvalue weighted by Gasteiger charge is -2.33. The van der Waals surface area contributed by atoms with E-state index in [1.807, 2.05) is 12.1 Å². The van der Waals surface area contributed by atoms with Crippen molar-refractivity contribution in [2.24, 2.45) is 13.0 Å². The molecule has 9 heteroatoms. The minimum absolute atomic E-state index is 0.0566. The Bertz CT molecular complexity index is 1370. The third-order valence-electron chi connectivity index (χ3n) is 6.04. The number of aromatic nitrogens is 6. The number of rotatable bonds is 4. The molecule has 0 saturated carbocycles. The number of nitrogens with zero attached hydrogens (tertiary/aromatic N) is 7. The van der Waals surface area contributed by atoms with Crippen LogP contribution in [0, 0.1) is 5.92 Å². The molecule has 1 aliphatic heterocycles. The number of hydrogen-bond donors (Lipinski definition) is 0. The van der Waals surface area contributed by atoms with E-state index in [0.29, 0.717) is 35.1 Å². The normalized spacial score (nSPS) is 14.7. The summed E-state index contributed by atoms with van der Waals surface area (Å²) < 4.78 is 3.27. The molecule has 32 heavy (non-hydrogen) atoms. The van der Waals surface area contributed by atoms with Crippen molar-refractivity contribution in [2.45, 2.75) is 19.4 Å². The van der Waals surface area contributed by atoms with Crippen molar-refractivity contribution >= 4 is 17.0 Å². The number of anilines is 1. The predicted molar refractivity (Wildman–Crippen MR) is 121 cm³/mol. The van der Waals surface area contributed by atoms with E-state index in [1.54, 1.807) is 59.3 Å². The Balaban J connectivity index is 1.29. The van der Waals surface area contributed by atoms with Gasteiger partial charge in [0.1, 0.15) is 0 Å². The van der Waals surface area contributed by atoms with Crippen molar-refractivity contribution in [2.75, 3.05) is 18.0 Å². The molecule has 1 saturated heterocycles. The maximum atomic E-state index is 12.7. The van der Waals surface area contributed by atoms with Gasteiger partial charge in [-0.15, -0.1) is 0 Å². The third kappa shape index (κ3) is 3.77. The van der Waals surface area contributed by atoms with E-state index >= 15 is 0 Å². The SMILES string of the molecule is Cn1c(N2CCC(Cn3cnc(-c4ccncc4)cc3=O)CC2)nc2ncccc2c1=O. The summed E-state index contributed by atoms with van der Waals surface area (Å²) in [6.07, 6.45) is 8.45. The van der Waals surface area contributed by atoms with Crippen molar-refractivity contribution in [1.29, 1.82) is 0 Å². The highest BCUT2D eigenvalue weighted by Crippen LogP contribution is 2.23. The fourth-order valence-electron chi connectivity index (χ4n) is 4.21. The van der Waals surface area contributed by atoms with Crippen LogP contribution in [0.4, 0.5) is 5.95 Å². The first-order valence-corrected chi connectivity index (χ1v) is 10.6. The summed E-state index contributed by atoms with van der Waals surface area (Å²) in [6.45, 7) is 2.16. The summed E-state index contributed by atoms with van der Waals surface area (Å²) in [7, 11) is 1.75. The molecule has 0 spiro atoms. The lowest BCUT2D eigenvalue weighted by Crippen LogP contribution is -2.39. The van der Waals surface area contributed by atoms with Crippen LogP contribution in [0.1, 0.15) is 12.8 Å². The summed E-state index contributed by atoms with van der Waals surface area (Å²) in [4.78, 5) is 44.8. The van der Waals surface area contributed by atoms with Crippen molar-refractivity contribution in [3.05, 3.63) is 76.0 Å². The molecule has 1 fully saturated rings. The summed E-state index contributed by atoms with van der Waals surface area (Å²) >= 11 is 0. The predicted octanol–water partition coefficient (Wildman–Crippen LogP) is 1.86. The van der Waals surface area contributed by atoms with Crippen LogP contribution < -0.4 is 16.0 Å². The molecule has 0 aliphatic carbocycles. The second-order valence-electron chi connectivity index (χ2n) is 8.08. The number of piperidine rings is 1. The lowest BCUT2D eigenvalue weighted by molar-refractivity contribution is 0.348. The van der Waals surface area contributed by atoms with Crippen LogP contribution in [-0.4, -0.2) is 42.2 Å². The van der Waals surface area contributed by atoms with Crippen LogP contribution in [0.25, 0.3) is 22.3 Å². The Morgan fingerprint density at radius 2 is 1.81 bits per heavy atom. The smallest absolute Gasteiger partial charge is 0.264 e. The molecular formula is C23H23N7O2. The van der Waals surface area contributed by atoms with Crippen LogP contribution in [0.5, 0.6) is 0 Å². The quantitative estimate of drug-likeness (QED) is 0.488. The molecule has 162 valence electrons. The first-order valence-electron chi connectivity index (χ1n) is 10.6. The van der Waals surface area contributed by atoms with E-state index in [0.717, 1.165) is 31.5 Å². The van der Waals surface area contributed by atoms with Crippen molar-refractivity contribution < 1.29 is 0 Å². The van der Waals surface area contributed by atoms with E-state index in [2.05, 4.69) is 24.8 Å². The molecule has 1 aliphatic rings.